The van der Waals surface area contributed by atoms with Crippen LogP contribution in [0.5, 0.6) is 5.75 Å². The van der Waals surface area contributed by atoms with Gasteiger partial charge in [-0.2, -0.15) is 0 Å². The van der Waals surface area contributed by atoms with Crippen molar-refractivity contribution in [3.05, 3.63) is 77.2 Å². The van der Waals surface area contributed by atoms with E-state index >= 15 is 0 Å². The highest BCUT2D eigenvalue weighted by atomic mass is 16.6. The van der Waals surface area contributed by atoms with Crippen molar-refractivity contribution >= 4 is 22.6 Å². The summed E-state index contributed by atoms with van der Waals surface area (Å²) in [6, 6.07) is 16.3. The summed E-state index contributed by atoms with van der Waals surface area (Å²) < 4.78 is 17.8. The molecule has 0 saturated carbocycles. The van der Waals surface area contributed by atoms with E-state index < -0.39 is 5.97 Å². The minimum absolute atomic E-state index is 0.137. The lowest BCUT2D eigenvalue weighted by atomic mass is 9.91. The average Bonchev–Trinajstić information content (AvgIpc) is 2.87. The summed E-state index contributed by atoms with van der Waals surface area (Å²) in [6.45, 7) is 15.4. The first-order valence-corrected chi connectivity index (χ1v) is 12.6. The number of fused-ring (bicyclic) bond motifs is 2. The SMILES string of the molecule is C=C(C)C(=O)OCCOc1ccccc1-c1c2cc(C)c(=NCC)cc-2oc2cc(NCC)c(C)cc12. The van der Waals surface area contributed by atoms with Crippen LogP contribution < -0.4 is 15.4 Å². The van der Waals surface area contributed by atoms with Crippen molar-refractivity contribution in [2.24, 2.45) is 4.99 Å². The standard InChI is InChI=1S/C31H34N2O4/c1-7-32-25-17-28-23(15-20(25)5)30(24-16-21(6)26(33-8-2)18-29(24)37-28)22-11-9-10-12-27(22)35-13-14-36-31(34)19(3)4/h9-12,15-18,32H,3,7-8,13-14H2,1-2,4-6H3. The molecule has 0 radical (unpaired) electrons. The number of ether oxygens (including phenoxy) is 2. The number of para-hydroxylation sites is 1. The molecule has 1 aliphatic heterocycles. The normalized spacial score (nSPS) is 11.6. The molecule has 2 aromatic carbocycles. The Morgan fingerprint density at radius 1 is 1.03 bits per heavy atom. The first-order chi connectivity index (χ1) is 17.8. The van der Waals surface area contributed by atoms with Crippen molar-refractivity contribution in [3.8, 4) is 28.2 Å². The second kappa shape index (κ2) is 11.3. The van der Waals surface area contributed by atoms with Crippen molar-refractivity contribution in [1.82, 2.24) is 0 Å². The van der Waals surface area contributed by atoms with Crippen LogP contribution in [0.1, 0.15) is 31.9 Å². The lowest BCUT2D eigenvalue weighted by molar-refractivity contribution is -0.139. The van der Waals surface area contributed by atoms with Gasteiger partial charge in [0.05, 0.1) is 5.36 Å². The zero-order valence-electron chi connectivity index (χ0n) is 22.2. The van der Waals surface area contributed by atoms with Crippen molar-refractivity contribution < 1.29 is 18.7 Å². The summed E-state index contributed by atoms with van der Waals surface area (Å²) >= 11 is 0. The summed E-state index contributed by atoms with van der Waals surface area (Å²) in [5.74, 6) is 1.04. The summed E-state index contributed by atoms with van der Waals surface area (Å²) in [4.78, 5) is 16.4. The van der Waals surface area contributed by atoms with E-state index in [1.165, 1.54) is 0 Å². The first kappa shape index (κ1) is 26.0. The molecule has 4 rings (SSSR count). The number of hydrogen-bond acceptors (Lipinski definition) is 6. The quantitative estimate of drug-likeness (QED) is 0.121. The van der Waals surface area contributed by atoms with Crippen LogP contribution >= 0.6 is 0 Å². The molecule has 2 aromatic rings. The van der Waals surface area contributed by atoms with Crippen LogP contribution in [0, 0.1) is 13.8 Å². The van der Waals surface area contributed by atoms with Crippen molar-refractivity contribution in [2.45, 2.75) is 34.6 Å². The minimum Gasteiger partial charge on any atom is -0.489 e. The number of hydrogen-bond donors (Lipinski definition) is 1. The van der Waals surface area contributed by atoms with E-state index in [0.29, 0.717) is 17.9 Å². The number of benzene rings is 3. The van der Waals surface area contributed by atoms with Gasteiger partial charge < -0.3 is 19.2 Å². The van der Waals surface area contributed by atoms with E-state index in [1.807, 2.05) is 31.2 Å². The smallest absolute Gasteiger partial charge is 0.333 e. The van der Waals surface area contributed by atoms with Gasteiger partial charge in [-0.1, -0.05) is 24.8 Å². The molecule has 37 heavy (non-hydrogen) atoms. The Bertz CT molecular complexity index is 1500. The van der Waals surface area contributed by atoms with Gasteiger partial charge in [-0.25, -0.2) is 4.79 Å². The van der Waals surface area contributed by atoms with Gasteiger partial charge in [0.25, 0.3) is 0 Å². The maximum Gasteiger partial charge on any atom is 0.333 e. The van der Waals surface area contributed by atoms with Crippen LogP contribution in [0.2, 0.25) is 0 Å². The topological polar surface area (TPSA) is 73.1 Å². The minimum atomic E-state index is -0.422. The molecule has 0 saturated heterocycles. The first-order valence-electron chi connectivity index (χ1n) is 12.6. The molecule has 6 heteroatoms. The fourth-order valence-electron chi connectivity index (χ4n) is 4.41. The van der Waals surface area contributed by atoms with E-state index in [1.54, 1.807) is 6.92 Å². The monoisotopic (exact) mass is 498 g/mol. The largest absolute Gasteiger partial charge is 0.489 e. The molecule has 192 valence electrons. The summed E-state index contributed by atoms with van der Waals surface area (Å²) in [7, 11) is 0. The van der Waals surface area contributed by atoms with Gasteiger partial charge in [-0.15, -0.1) is 0 Å². The third-order valence-corrected chi connectivity index (χ3v) is 6.16. The summed E-state index contributed by atoms with van der Waals surface area (Å²) in [5, 5.41) is 5.35. The van der Waals surface area contributed by atoms with Gasteiger partial charge >= 0.3 is 5.97 Å². The van der Waals surface area contributed by atoms with Crippen LogP contribution in [0.4, 0.5) is 5.69 Å². The Morgan fingerprint density at radius 2 is 1.81 bits per heavy atom. The molecule has 2 aliphatic rings. The van der Waals surface area contributed by atoms with Crippen molar-refractivity contribution in [3.63, 3.8) is 0 Å². The fraction of sp³-hybridized carbons (Fsp3) is 0.290. The van der Waals surface area contributed by atoms with Crippen molar-refractivity contribution in [1.29, 1.82) is 0 Å². The Hall–Kier alpha value is -4.06. The van der Waals surface area contributed by atoms with E-state index in [2.05, 4.69) is 61.9 Å². The third-order valence-electron chi connectivity index (χ3n) is 6.16. The molecule has 0 amide bonds. The fourth-order valence-corrected chi connectivity index (χ4v) is 4.41. The van der Waals surface area contributed by atoms with Crippen molar-refractivity contribution in [2.75, 3.05) is 31.6 Å². The molecule has 1 aliphatic carbocycles. The number of carbonyl (C=O) groups excluding carboxylic acids is 1. The van der Waals surface area contributed by atoms with Gasteiger partial charge in [-0.05, 0) is 63.9 Å². The van der Waals surface area contributed by atoms with Gasteiger partial charge in [0, 0.05) is 58.6 Å². The van der Waals surface area contributed by atoms with Crippen LogP contribution in [-0.4, -0.2) is 32.3 Å². The van der Waals surface area contributed by atoms with E-state index in [9.17, 15) is 4.79 Å². The number of nitrogens with one attached hydrogen (secondary N) is 1. The maximum atomic E-state index is 11.7. The Balaban J connectivity index is 1.90. The predicted molar refractivity (Wildman–Crippen MR) is 149 cm³/mol. The summed E-state index contributed by atoms with van der Waals surface area (Å²) in [5.41, 5.74) is 7.35. The second-order valence-electron chi connectivity index (χ2n) is 9.04. The third kappa shape index (κ3) is 5.53. The molecule has 0 spiro atoms. The molecule has 0 aromatic heterocycles. The predicted octanol–water partition coefficient (Wildman–Crippen LogP) is 6.67. The Kier molecular flexibility index (Phi) is 7.97. The molecule has 6 nitrogen and oxygen atoms in total. The zero-order chi connectivity index (χ0) is 26.5. The van der Waals surface area contributed by atoms with Gasteiger partial charge in [0.2, 0.25) is 0 Å². The molecular weight excluding hydrogens is 464 g/mol. The second-order valence-corrected chi connectivity index (χ2v) is 9.04. The lowest BCUT2D eigenvalue weighted by Crippen LogP contribution is -2.13. The number of rotatable bonds is 9. The Morgan fingerprint density at radius 3 is 2.54 bits per heavy atom. The molecule has 1 heterocycles. The van der Waals surface area contributed by atoms with Crippen LogP contribution in [0.3, 0.4) is 0 Å². The lowest BCUT2D eigenvalue weighted by Gasteiger charge is -2.20. The molecule has 0 fully saturated rings. The number of nitrogens with zero attached hydrogens (tertiary/aromatic N) is 1. The number of anilines is 1. The highest BCUT2D eigenvalue weighted by Crippen LogP contribution is 2.44. The molecular formula is C31H34N2O4. The van der Waals surface area contributed by atoms with Crippen LogP contribution in [0.25, 0.3) is 33.4 Å². The zero-order valence-corrected chi connectivity index (χ0v) is 22.2. The van der Waals surface area contributed by atoms with Gasteiger partial charge in [-0.3, -0.25) is 4.99 Å². The average molecular weight is 499 g/mol. The van der Waals surface area contributed by atoms with E-state index in [-0.39, 0.29) is 13.2 Å². The van der Waals surface area contributed by atoms with E-state index in [4.69, 9.17) is 13.9 Å². The molecule has 1 N–H and O–H groups in total. The van der Waals surface area contributed by atoms with Gasteiger partial charge in [0.1, 0.15) is 30.3 Å². The van der Waals surface area contributed by atoms with Gasteiger partial charge in [0.15, 0.2) is 0 Å². The van der Waals surface area contributed by atoms with Crippen LogP contribution in [-0.2, 0) is 9.53 Å². The van der Waals surface area contributed by atoms with Crippen LogP contribution in [0.15, 0.2) is 70.1 Å². The Labute approximate surface area is 218 Å². The van der Waals surface area contributed by atoms with E-state index in [0.717, 1.165) is 62.1 Å². The number of carbonyl (C=O) groups is 1. The molecule has 0 atom stereocenters. The highest BCUT2D eigenvalue weighted by Gasteiger charge is 2.21. The number of esters is 1. The molecule has 0 unspecified atom stereocenters. The molecule has 0 bridgehead atoms. The number of aryl methyl sites for hydroxylation is 2. The highest BCUT2D eigenvalue weighted by molar-refractivity contribution is 6.04. The summed E-state index contributed by atoms with van der Waals surface area (Å²) in [6.07, 6.45) is 0. The maximum absolute atomic E-state index is 11.7.